The lowest BCUT2D eigenvalue weighted by Gasteiger charge is -2.10. The summed E-state index contributed by atoms with van der Waals surface area (Å²) in [6, 6.07) is 3.51. The number of benzene rings is 1. The molecule has 0 amide bonds. The predicted octanol–water partition coefficient (Wildman–Crippen LogP) is 2.41. The van der Waals surface area contributed by atoms with Crippen LogP contribution in [0.5, 0.6) is 5.75 Å². The first-order valence-electron chi connectivity index (χ1n) is 6.09. The maximum atomic E-state index is 12.4. The molecule has 1 aliphatic carbocycles. The SMILES string of the molecule is CC(=O)OC1=C(C)c2ccc(C)c(OC(C)=O)c2C1=O. The van der Waals surface area contributed by atoms with Gasteiger partial charge in [-0.15, -0.1) is 0 Å². The van der Waals surface area contributed by atoms with Crippen LogP contribution in [0.3, 0.4) is 0 Å². The van der Waals surface area contributed by atoms with Crippen LogP contribution in [0.4, 0.5) is 0 Å². The van der Waals surface area contributed by atoms with E-state index in [4.69, 9.17) is 9.47 Å². The van der Waals surface area contributed by atoms with Crippen LogP contribution in [-0.4, -0.2) is 17.7 Å². The maximum Gasteiger partial charge on any atom is 0.308 e. The first-order valence-corrected chi connectivity index (χ1v) is 6.09. The summed E-state index contributed by atoms with van der Waals surface area (Å²) in [5, 5.41) is 0. The van der Waals surface area contributed by atoms with Gasteiger partial charge in [0.2, 0.25) is 5.78 Å². The number of esters is 2. The molecule has 5 nitrogen and oxygen atoms in total. The third-order valence-electron chi connectivity index (χ3n) is 3.02. The lowest BCUT2D eigenvalue weighted by molar-refractivity contribution is -0.136. The highest BCUT2D eigenvalue weighted by molar-refractivity contribution is 6.21. The topological polar surface area (TPSA) is 69.7 Å². The minimum absolute atomic E-state index is 0.00787. The highest BCUT2D eigenvalue weighted by Crippen LogP contribution is 2.40. The number of ether oxygens (including phenoxy) is 2. The van der Waals surface area contributed by atoms with E-state index in [2.05, 4.69) is 0 Å². The van der Waals surface area contributed by atoms with E-state index < -0.39 is 17.7 Å². The van der Waals surface area contributed by atoms with E-state index in [9.17, 15) is 14.4 Å². The number of Topliss-reactive ketones (excluding diaryl/α,β-unsaturated/α-hetero) is 1. The van der Waals surface area contributed by atoms with Crippen molar-refractivity contribution in [3.63, 3.8) is 0 Å². The van der Waals surface area contributed by atoms with Gasteiger partial charge in [0.15, 0.2) is 5.76 Å². The van der Waals surface area contributed by atoms with E-state index in [-0.39, 0.29) is 17.1 Å². The highest BCUT2D eigenvalue weighted by atomic mass is 16.5. The van der Waals surface area contributed by atoms with Gasteiger partial charge in [-0.3, -0.25) is 14.4 Å². The van der Waals surface area contributed by atoms with Crippen LogP contribution in [0.2, 0.25) is 0 Å². The van der Waals surface area contributed by atoms with E-state index in [1.54, 1.807) is 26.0 Å². The molecular formula is C15H14O5. The second-order valence-electron chi connectivity index (χ2n) is 4.60. The lowest BCUT2D eigenvalue weighted by Crippen LogP contribution is -2.11. The van der Waals surface area contributed by atoms with Crippen LogP contribution in [-0.2, 0) is 14.3 Å². The summed E-state index contributed by atoms with van der Waals surface area (Å²) in [5.74, 6) is -1.29. The first-order chi connectivity index (χ1) is 9.32. The largest absolute Gasteiger partial charge is 0.426 e. The molecule has 0 aromatic heterocycles. The third kappa shape index (κ3) is 2.22. The summed E-state index contributed by atoms with van der Waals surface area (Å²) in [5.41, 5.74) is 2.12. The summed E-state index contributed by atoms with van der Waals surface area (Å²) in [7, 11) is 0. The molecule has 1 aromatic rings. The van der Waals surface area contributed by atoms with Gasteiger partial charge in [0.25, 0.3) is 0 Å². The molecule has 2 rings (SSSR count). The van der Waals surface area contributed by atoms with E-state index in [1.165, 1.54) is 13.8 Å². The molecule has 0 N–H and O–H groups in total. The van der Waals surface area contributed by atoms with Gasteiger partial charge >= 0.3 is 11.9 Å². The maximum absolute atomic E-state index is 12.4. The molecule has 0 radical (unpaired) electrons. The zero-order valence-corrected chi connectivity index (χ0v) is 11.7. The van der Waals surface area contributed by atoms with Crippen LogP contribution in [0.25, 0.3) is 5.57 Å². The predicted molar refractivity (Wildman–Crippen MR) is 71.2 cm³/mol. The number of aryl methyl sites for hydroxylation is 1. The van der Waals surface area contributed by atoms with E-state index >= 15 is 0 Å². The smallest absolute Gasteiger partial charge is 0.308 e. The molecule has 0 saturated heterocycles. The van der Waals surface area contributed by atoms with Gasteiger partial charge in [-0.2, -0.15) is 0 Å². The Kier molecular flexibility index (Phi) is 3.44. The molecule has 0 unspecified atom stereocenters. The Morgan fingerprint density at radius 3 is 2.15 bits per heavy atom. The zero-order chi connectivity index (χ0) is 15.0. The Hall–Kier alpha value is -2.43. The molecule has 104 valence electrons. The van der Waals surface area contributed by atoms with E-state index in [0.29, 0.717) is 16.7 Å². The van der Waals surface area contributed by atoms with Crippen molar-refractivity contribution >= 4 is 23.3 Å². The van der Waals surface area contributed by atoms with Crippen molar-refractivity contribution in [2.24, 2.45) is 0 Å². The summed E-state index contributed by atoms with van der Waals surface area (Å²) >= 11 is 0. The molecule has 1 aromatic carbocycles. The quantitative estimate of drug-likeness (QED) is 0.612. The molecule has 0 bridgehead atoms. The Morgan fingerprint density at radius 2 is 1.60 bits per heavy atom. The Balaban J connectivity index is 2.58. The fourth-order valence-corrected chi connectivity index (χ4v) is 2.17. The molecule has 0 atom stereocenters. The molecular weight excluding hydrogens is 260 g/mol. The van der Waals surface area contributed by atoms with Gasteiger partial charge in [-0.25, -0.2) is 0 Å². The Morgan fingerprint density at radius 1 is 1.00 bits per heavy atom. The van der Waals surface area contributed by atoms with Gasteiger partial charge in [0.05, 0.1) is 5.56 Å². The van der Waals surface area contributed by atoms with Crippen molar-refractivity contribution in [2.75, 3.05) is 0 Å². The van der Waals surface area contributed by atoms with E-state index in [0.717, 1.165) is 0 Å². The van der Waals surface area contributed by atoms with Gasteiger partial charge in [0.1, 0.15) is 5.75 Å². The minimum Gasteiger partial charge on any atom is -0.426 e. The van der Waals surface area contributed by atoms with Crippen LogP contribution in [0.15, 0.2) is 17.9 Å². The van der Waals surface area contributed by atoms with Crippen LogP contribution >= 0.6 is 0 Å². The van der Waals surface area contributed by atoms with Gasteiger partial charge in [0, 0.05) is 19.4 Å². The Labute approximate surface area is 116 Å². The third-order valence-corrected chi connectivity index (χ3v) is 3.02. The zero-order valence-electron chi connectivity index (χ0n) is 11.7. The molecule has 1 aliphatic rings. The fraction of sp³-hybridized carbons (Fsp3) is 0.267. The number of hydrogen-bond acceptors (Lipinski definition) is 5. The monoisotopic (exact) mass is 274 g/mol. The van der Waals surface area contributed by atoms with Crippen molar-refractivity contribution < 1.29 is 23.9 Å². The summed E-state index contributed by atoms with van der Waals surface area (Å²) in [6.45, 7) is 5.93. The molecule has 0 aliphatic heterocycles. The van der Waals surface area contributed by atoms with Crippen LogP contribution in [0, 0.1) is 6.92 Å². The van der Waals surface area contributed by atoms with Crippen LogP contribution in [0.1, 0.15) is 42.3 Å². The molecule has 20 heavy (non-hydrogen) atoms. The number of hydrogen-bond donors (Lipinski definition) is 0. The number of carbonyl (C=O) groups is 3. The second-order valence-corrected chi connectivity index (χ2v) is 4.60. The molecule has 5 heteroatoms. The summed E-state index contributed by atoms with van der Waals surface area (Å²) < 4.78 is 10.1. The standard InChI is InChI=1S/C15H14O5/c1-7-5-6-11-8(2)15(20-10(4)17)13(18)12(11)14(7)19-9(3)16/h5-6H,1-4H3. The normalized spacial score (nSPS) is 13.3. The van der Waals surface area contributed by atoms with Gasteiger partial charge in [-0.1, -0.05) is 12.1 Å². The van der Waals surface area contributed by atoms with Gasteiger partial charge in [-0.05, 0) is 25.0 Å². The molecule has 0 saturated carbocycles. The summed E-state index contributed by atoms with van der Waals surface area (Å²) in [6.07, 6.45) is 0. The number of fused-ring (bicyclic) bond motifs is 1. The van der Waals surface area contributed by atoms with Crippen molar-refractivity contribution in [1.82, 2.24) is 0 Å². The first kappa shape index (κ1) is 14.0. The highest BCUT2D eigenvalue weighted by Gasteiger charge is 2.34. The van der Waals surface area contributed by atoms with Crippen molar-refractivity contribution in [3.05, 3.63) is 34.6 Å². The van der Waals surface area contributed by atoms with Crippen molar-refractivity contribution in [3.8, 4) is 5.75 Å². The fourth-order valence-electron chi connectivity index (χ4n) is 2.17. The number of ketones is 1. The van der Waals surface area contributed by atoms with Crippen LogP contribution < -0.4 is 4.74 Å². The summed E-state index contributed by atoms with van der Waals surface area (Å²) in [4.78, 5) is 34.6. The average Bonchev–Trinajstić information content (AvgIpc) is 2.57. The molecule has 0 fully saturated rings. The number of carbonyl (C=O) groups excluding carboxylic acids is 3. The minimum atomic E-state index is -0.564. The van der Waals surface area contributed by atoms with Crippen molar-refractivity contribution in [1.29, 1.82) is 0 Å². The number of allylic oxidation sites excluding steroid dienone is 2. The van der Waals surface area contributed by atoms with E-state index in [1.807, 2.05) is 0 Å². The lowest BCUT2D eigenvalue weighted by atomic mass is 10.0. The number of rotatable bonds is 2. The van der Waals surface area contributed by atoms with Gasteiger partial charge < -0.3 is 9.47 Å². The Bertz CT molecular complexity index is 667. The molecule has 0 heterocycles. The van der Waals surface area contributed by atoms with Crippen molar-refractivity contribution in [2.45, 2.75) is 27.7 Å². The average molecular weight is 274 g/mol. The second kappa shape index (κ2) is 4.92. The molecule has 0 spiro atoms.